The Morgan fingerprint density at radius 2 is 1.52 bits per heavy atom. The van der Waals surface area contributed by atoms with Crippen LogP contribution in [0.25, 0.3) is 0 Å². The zero-order chi connectivity index (χ0) is 23.0. The van der Waals surface area contributed by atoms with E-state index in [-0.39, 0.29) is 5.91 Å². The number of rotatable bonds is 8. The first kappa shape index (κ1) is 23.1. The van der Waals surface area contributed by atoms with Crippen LogP contribution in [0.4, 0.5) is 5.69 Å². The molecule has 0 aromatic heterocycles. The van der Waals surface area contributed by atoms with Gasteiger partial charge < -0.3 is 15.0 Å². The second-order valence-electron chi connectivity index (χ2n) is 9.02. The van der Waals surface area contributed by atoms with Crippen molar-refractivity contribution in [2.45, 2.75) is 45.4 Å². The molecule has 1 amide bonds. The van der Waals surface area contributed by atoms with Gasteiger partial charge in [-0.1, -0.05) is 48.5 Å². The molecule has 0 atom stereocenters. The van der Waals surface area contributed by atoms with E-state index in [9.17, 15) is 4.79 Å². The van der Waals surface area contributed by atoms with Crippen LogP contribution in [0, 0.1) is 13.8 Å². The summed E-state index contributed by atoms with van der Waals surface area (Å²) in [5.74, 6) is 2.45. The van der Waals surface area contributed by atoms with Crippen molar-refractivity contribution in [3.63, 3.8) is 0 Å². The molecular formula is C29H34N2O2. The van der Waals surface area contributed by atoms with Gasteiger partial charge in [-0.2, -0.15) is 0 Å². The summed E-state index contributed by atoms with van der Waals surface area (Å²) in [4.78, 5) is 14.9. The molecule has 4 heteroatoms. The maximum Gasteiger partial charge on any atom is 0.224 e. The van der Waals surface area contributed by atoms with Crippen molar-refractivity contribution in [3.8, 4) is 11.5 Å². The number of piperidine rings is 1. The number of nitrogens with one attached hydrogen (secondary N) is 1. The number of likely N-dealkylation sites (tertiary alicyclic amines) is 1. The third-order valence-corrected chi connectivity index (χ3v) is 6.54. The minimum absolute atomic E-state index is 0.111. The first-order chi connectivity index (χ1) is 16.1. The van der Waals surface area contributed by atoms with Crippen LogP contribution < -0.4 is 10.1 Å². The predicted octanol–water partition coefficient (Wildman–Crippen LogP) is 6.69. The molecule has 0 saturated carbocycles. The Morgan fingerprint density at radius 3 is 2.18 bits per heavy atom. The molecule has 0 spiro atoms. The molecule has 0 unspecified atom stereocenters. The summed E-state index contributed by atoms with van der Waals surface area (Å²) in [5, 5.41) is 3.10. The van der Waals surface area contributed by atoms with Crippen LogP contribution in [0.1, 0.15) is 48.3 Å². The van der Waals surface area contributed by atoms with Crippen molar-refractivity contribution in [1.82, 2.24) is 4.90 Å². The summed E-state index contributed by atoms with van der Waals surface area (Å²) in [6.07, 6.45) is 3.78. The van der Waals surface area contributed by atoms with E-state index in [4.69, 9.17) is 4.74 Å². The van der Waals surface area contributed by atoms with Crippen LogP contribution in [-0.2, 0) is 4.79 Å². The molecule has 3 aromatic rings. The van der Waals surface area contributed by atoms with E-state index < -0.39 is 0 Å². The van der Waals surface area contributed by atoms with Crippen molar-refractivity contribution in [1.29, 1.82) is 0 Å². The summed E-state index contributed by atoms with van der Waals surface area (Å²) in [7, 11) is 0. The van der Waals surface area contributed by atoms with Crippen LogP contribution in [0.3, 0.4) is 0 Å². The highest BCUT2D eigenvalue weighted by atomic mass is 16.5. The van der Waals surface area contributed by atoms with Gasteiger partial charge in [-0.05, 0) is 99.6 Å². The molecule has 1 heterocycles. The van der Waals surface area contributed by atoms with Crippen molar-refractivity contribution >= 4 is 11.6 Å². The number of carbonyl (C=O) groups excluding carboxylic acids is 1. The van der Waals surface area contributed by atoms with Crippen molar-refractivity contribution in [2.24, 2.45) is 0 Å². The van der Waals surface area contributed by atoms with Gasteiger partial charge in [-0.25, -0.2) is 0 Å². The smallest absolute Gasteiger partial charge is 0.224 e. The number of ether oxygens (including phenoxy) is 1. The van der Waals surface area contributed by atoms with Gasteiger partial charge in [0.15, 0.2) is 0 Å². The highest BCUT2D eigenvalue weighted by Gasteiger charge is 2.20. The molecule has 1 aliphatic heterocycles. The van der Waals surface area contributed by atoms with E-state index in [1.54, 1.807) is 0 Å². The van der Waals surface area contributed by atoms with E-state index in [1.807, 2.05) is 62.4 Å². The fourth-order valence-electron chi connectivity index (χ4n) is 4.60. The van der Waals surface area contributed by atoms with Gasteiger partial charge in [0, 0.05) is 12.1 Å². The van der Waals surface area contributed by atoms with E-state index in [0.717, 1.165) is 67.2 Å². The Kier molecular flexibility index (Phi) is 7.79. The van der Waals surface area contributed by atoms with Crippen LogP contribution in [0.15, 0.2) is 72.8 Å². The molecule has 1 saturated heterocycles. The summed E-state index contributed by atoms with van der Waals surface area (Å²) in [6, 6.07) is 24.5. The Morgan fingerprint density at radius 1 is 0.879 bits per heavy atom. The fraction of sp³-hybridized carbons (Fsp3) is 0.345. The highest BCUT2D eigenvalue weighted by Crippen LogP contribution is 2.30. The number of aryl methyl sites for hydroxylation is 2. The van der Waals surface area contributed by atoms with Gasteiger partial charge in [0.25, 0.3) is 0 Å². The second kappa shape index (κ2) is 11.2. The van der Waals surface area contributed by atoms with Gasteiger partial charge in [0.1, 0.15) is 11.5 Å². The number of carbonyl (C=O) groups is 1. The highest BCUT2D eigenvalue weighted by molar-refractivity contribution is 5.92. The first-order valence-electron chi connectivity index (χ1n) is 12.0. The van der Waals surface area contributed by atoms with Crippen molar-refractivity contribution in [2.75, 3.05) is 25.0 Å². The first-order valence-corrected chi connectivity index (χ1v) is 12.0. The minimum Gasteiger partial charge on any atom is -0.457 e. The number of hydrogen-bond donors (Lipinski definition) is 1. The van der Waals surface area contributed by atoms with Crippen LogP contribution in [0.5, 0.6) is 11.5 Å². The minimum atomic E-state index is 0.111. The fourth-order valence-corrected chi connectivity index (χ4v) is 4.60. The van der Waals surface area contributed by atoms with Crippen molar-refractivity contribution < 1.29 is 9.53 Å². The lowest BCUT2D eigenvalue weighted by Crippen LogP contribution is -2.34. The number of para-hydroxylation sites is 2. The lowest BCUT2D eigenvalue weighted by Gasteiger charge is -2.32. The molecule has 0 radical (unpaired) electrons. The van der Waals surface area contributed by atoms with Gasteiger partial charge >= 0.3 is 0 Å². The zero-order valence-corrected chi connectivity index (χ0v) is 19.7. The zero-order valence-electron chi connectivity index (χ0n) is 19.7. The normalized spacial score (nSPS) is 14.7. The van der Waals surface area contributed by atoms with E-state index >= 15 is 0 Å². The quantitative estimate of drug-likeness (QED) is 0.422. The molecule has 4 nitrogen and oxygen atoms in total. The Balaban J connectivity index is 1.18. The SMILES string of the molecule is Cc1cccc(C)c1NC(=O)CCCN1CCC(c2ccc(Oc3ccccc3)cc2)CC1. The number of benzene rings is 3. The average molecular weight is 443 g/mol. The number of nitrogens with zero attached hydrogens (tertiary/aromatic N) is 1. The third kappa shape index (κ3) is 6.45. The van der Waals surface area contributed by atoms with Gasteiger partial charge in [0.05, 0.1) is 0 Å². The lowest BCUT2D eigenvalue weighted by atomic mass is 9.89. The van der Waals surface area contributed by atoms with E-state index in [0.29, 0.717) is 12.3 Å². The summed E-state index contributed by atoms with van der Waals surface area (Å²) in [6.45, 7) is 7.24. The molecule has 172 valence electrons. The molecular weight excluding hydrogens is 408 g/mol. The van der Waals surface area contributed by atoms with Crippen molar-refractivity contribution in [3.05, 3.63) is 89.5 Å². The molecule has 3 aromatic carbocycles. The standard InChI is InChI=1S/C29H34N2O2/c1-22-8-6-9-23(2)29(22)30-28(32)12-7-19-31-20-17-25(18-21-31)24-13-15-27(16-14-24)33-26-10-4-3-5-11-26/h3-6,8-11,13-16,25H,7,12,17-21H2,1-2H3,(H,30,32). The van der Waals surface area contributed by atoms with Crippen LogP contribution in [-0.4, -0.2) is 30.4 Å². The van der Waals surface area contributed by atoms with Gasteiger partial charge in [-0.15, -0.1) is 0 Å². The topological polar surface area (TPSA) is 41.6 Å². The predicted molar refractivity (Wildman–Crippen MR) is 135 cm³/mol. The molecule has 0 aliphatic carbocycles. The number of anilines is 1. The Bertz CT molecular complexity index is 1020. The number of hydrogen-bond acceptors (Lipinski definition) is 3. The number of amides is 1. The van der Waals surface area contributed by atoms with E-state index in [1.165, 1.54) is 5.56 Å². The summed E-state index contributed by atoms with van der Waals surface area (Å²) < 4.78 is 5.91. The Hall–Kier alpha value is -3.11. The Labute approximate surface area is 197 Å². The molecule has 4 rings (SSSR count). The summed E-state index contributed by atoms with van der Waals surface area (Å²) >= 11 is 0. The van der Waals surface area contributed by atoms with Crippen LogP contribution >= 0.6 is 0 Å². The average Bonchev–Trinajstić information content (AvgIpc) is 2.83. The molecule has 33 heavy (non-hydrogen) atoms. The molecule has 1 fully saturated rings. The maximum absolute atomic E-state index is 12.4. The third-order valence-electron chi connectivity index (χ3n) is 6.54. The maximum atomic E-state index is 12.4. The molecule has 1 aliphatic rings. The van der Waals surface area contributed by atoms with Crippen LogP contribution in [0.2, 0.25) is 0 Å². The van der Waals surface area contributed by atoms with E-state index in [2.05, 4.69) is 34.5 Å². The monoisotopic (exact) mass is 442 g/mol. The lowest BCUT2D eigenvalue weighted by molar-refractivity contribution is -0.116. The summed E-state index contributed by atoms with van der Waals surface area (Å²) in [5.41, 5.74) is 4.58. The van der Waals surface area contributed by atoms with Gasteiger partial charge in [-0.3, -0.25) is 4.79 Å². The van der Waals surface area contributed by atoms with Gasteiger partial charge in [0.2, 0.25) is 5.91 Å². The second-order valence-corrected chi connectivity index (χ2v) is 9.02. The molecule has 0 bridgehead atoms. The molecule has 1 N–H and O–H groups in total. The largest absolute Gasteiger partial charge is 0.457 e.